The first-order chi connectivity index (χ1) is 10.7. The van der Waals surface area contributed by atoms with Crippen molar-refractivity contribution in [3.8, 4) is 0 Å². The second-order valence-electron chi connectivity index (χ2n) is 5.23. The number of anilines is 1. The summed E-state index contributed by atoms with van der Waals surface area (Å²) in [4.78, 5) is 20.1. The van der Waals surface area contributed by atoms with Crippen molar-refractivity contribution in [3.63, 3.8) is 0 Å². The summed E-state index contributed by atoms with van der Waals surface area (Å²) in [7, 11) is 1.30. The largest absolute Gasteiger partial charge is 0.465 e. The van der Waals surface area contributed by atoms with Gasteiger partial charge in [-0.3, -0.25) is 0 Å². The summed E-state index contributed by atoms with van der Waals surface area (Å²) >= 11 is 0. The van der Waals surface area contributed by atoms with Crippen LogP contribution in [0.4, 0.5) is 10.2 Å². The number of nitrogens with zero attached hydrogens (tertiary/aromatic N) is 2. The third-order valence-electron chi connectivity index (χ3n) is 3.54. The van der Waals surface area contributed by atoms with Crippen LogP contribution in [0.5, 0.6) is 0 Å². The first-order valence-electron chi connectivity index (χ1n) is 7.11. The Hall–Kier alpha value is -2.50. The molecule has 1 saturated carbocycles. The zero-order chi connectivity index (χ0) is 15.5. The van der Waals surface area contributed by atoms with Gasteiger partial charge in [0, 0.05) is 24.2 Å². The summed E-state index contributed by atoms with van der Waals surface area (Å²) in [6, 6.07) is 5.89. The third-order valence-corrected chi connectivity index (χ3v) is 3.54. The van der Waals surface area contributed by atoms with Crippen LogP contribution in [0.15, 0.2) is 30.5 Å². The number of halogens is 1. The van der Waals surface area contributed by atoms with Crippen molar-refractivity contribution in [2.24, 2.45) is 0 Å². The maximum absolute atomic E-state index is 13.8. The number of hydrogen-bond donors (Lipinski definition) is 1. The zero-order valence-electron chi connectivity index (χ0n) is 12.2. The Kier molecular flexibility index (Phi) is 4.00. The molecule has 1 heterocycles. The van der Waals surface area contributed by atoms with E-state index in [-0.39, 0.29) is 12.4 Å². The number of benzene rings is 1. The van der Waals surface area contributed by atoms with Crippen molar-refractivity contribution in [3.05, 3.63) is 53.2 Å². The van der Waals surface area contributed by atoms with Crippen molar-refractivity contribution >= 4 is 11.8 Å². The zero-order valence-corrected chi connectivity index (χ0v) is 12.2. The number of hydrogen-bond acceptors (Lipinski definition) is 5. The van der Waals surface area contributed by atoms with Crippen LogP contribution >= 0.6 is 0 Å². The highest BCUT2D eigenvalue weighted by atomic mass is 19.1. The van der Waals surface area contributed by atoms with Gasteiger partial charge in [0.1, 0.15) is 17.5 Å². The van der Waals surface area contributed by atoms with E-state index >= 15 is 0 Å². The van der Waals surface area contributed by atoms with Gasteiger partial charge >= 0.3 is 5.97 Å². The van der Waals surface area contributed by atoms with E-state index < -0.39 is 5.97 Å². The van der Waals surface area contributed by atoms with Crippen LogP contribution in [0.25, 0.3) is 0 Å². The monoisotopic (exact) mass is 301 g/mol. The summed E-state index contributed by atoms with van der Waals surface area (Å²) in [6.45, 7) is 0.234. The molecular formula is C16H16FN3O2. The van der Waals surface area contributed by atoms with Crippen LogP contribution in [0.3, 0.4) is 0 Å². The number of aromatic nitrogens is 2. The van der Waals surface area contributed by atoms with Crippen LogP contribution < -0.4 is 5.32 Å². The molecule has 0 atom stereocenters. The summed E-state index contributed by atoms with van der Waals surface area (Å²) in [6.07, 6.45) is 3.95. The van der Waals surface area contributed by atoms with Gasteiger partial charge in [-0.1, -0.05) is 0 Å². The molecule has 0 spiro atoms. The molecule has 0 aliphatic heterocycles. The first-order valence-corrected chi connectivity index (χ1v) is 7.11. The highest BCUT2D eigenvalue weighted by Gasteiger charge is 2.26. The Labute approximate surface area is 127 Å². The van der Waals surface area contributed by atoms with Gasteiger partial charge in [-0.15, -0.1) is 0 Å². The molecule has 1 aliphatic carbocycles. The van der Waals surface area contributed by atoms with Crippen LogP contribution in [0, 0.1) is 5.82 Å². The minimum absolute atomic E-state index is 0.234. The fourth-order valence-electron chi connectivity index (χ4n) is 2.15. The van der Waals surface area contributed by atoms with Gasteiger partial charge in [-0.05, 0) is 37.1 Å². The molecule has 0 saturated heterocycles. The number of methoxy groups -OCH3 is 1. The molecule has 6 heteroatoms. The average molecular weight is 301 g/mol. The van der Waals surface area contributed by atoms with Crippen LogP contribution in [-0.4, -0.2) is 23.0 Å². The summed E-state index contributed by atoms with van der Waals surface area (Å²) in [5.41, 5.74) is 0.705. The molecule has 2 aromatic rings. The molecule has 1 aromatic carbocycles. The van der Waals surface area contributed by atoms with Crippen LogP contribution in [0.2, 0.25) is 0 Å². The highest BCUT2D eigenvalue weighted by molar-refractivity contribution is 5.89. The smallest absolute Gasteiger partial charge is 0.337 e. The summed E-state index contributed by atoms with van der Waals surface area (Å²) in [5, 5.41) is 3.07. The van der Waals surface area contributed by atoms with Gasteiger partial charge in [-0.2, -0.15) is 0 Å². The molecule has 22 heavy (non-hydrogen) atoms. The lowest BCUT2D eigenvalue weighted by atomic mass is 10.1. The molecule has 5 nitrogen and oxygen atoms in total. The van der Waals surface area contributed by atoms with E-state index in [1.54, 1.807) is 12.3 Å². The Morgan fingerprint density at radius 3 is 2.95 bits per heavy atom. The maximum atomic E-state index is 13.8. The van der Waals surface area contributed by atoms with Gasteiger partial charge in [-0.25, -0.2) is 19.2 Å². The Bertz CT molecular complexity index is 702. The molecule has 0 amide bonds. The average Bonchev–Trinajstić information content (AvgIpc) is 3.38. The minimum atomic E-state index is -0.487. The van der Waals surface area contributed by atoms with E-state index in [0.717, 1.165) is 18.7 Å². The van der Waals surface area contributed by atoms with Gasteiger partial charge < -0.3 is 10.1 Å². The van der Waals surface area contributed by atoms with Crippen molar-refractivity contribution in [1.82, 2.24) is 9.97 Å². The lowest BCUT2D eigenvalue weighted by Crippen LogP contribution is -2.08. The van der Waals surface area contributed by atoms with Crippen molar-refractivity contribution in [2.45, 2.75) is 25.3 Å². The SMILES string of the molecule is COC(=O)c1ccc(F)c(CNc2ccnc(C3CC3)n2)c1. The third kappa shape index (κ3) is 3.21. The normalized spacial score (nSPS) is 13.7. The number of esters is 1. The van der Waals surface area contributed by atoms with E-state index in [9.17, 15) is 9.18 Å². The molecule has 0 radical (unpaired) electrons. The van der Waals surface area contributed by atoms with Gasteiger partial charge in [0.2, 0.25) is 0 Å². The number of carbonyl (C=O) groups excluding carboxylic acids is 1. The maximum Gasteiger partial charge on any atom is 0.337 e. The Morgan fingerprint density at radius 2 is 2.23 bits per heavy atom. The molecule has 1 fully saturated rings. The Morgan fingerprint density at radius 1 is 1.41 bits per heavy atom. The fourth-order valence-corrected chi connectivity index (χ4v) is 2.15. The predicted molar refractivity (Wildman–Crippen MR) is 79.1 cm³/mol. The highest BCUT2D eigenvalue weighted by Crippen LogP contribution is 2.38. The van der Waals surface area contributed by atoms with E-state index in [1.807, 2.05) is 0 Å². The van der Waals surface area contributed by atoms with E-state index in [4.69, 9.17) is 0 Å². The molecular weight excluding hydrogens is 285 g/mol. The summed E-state index contributed by atoms with van der Waals surface area (Å²) < 4.78 is 18.5. The molecule has 1 aromatic heterocycles. The van der Waals surface area contributed by atoms with Crippen molar-refractivity contribution in [2.75, 3.05) is 12.4 Å². The quantitative estimate of drug-likeness (QED) is 0.860. The number of rotatable bonds is 5. The molecule has 1 aliphatic rings. The van der Waals surface area contributed by atoms with Crippen molar-refractivity contribution < 1.29 is 13.9 Å². The van der Waals surface area contributed by atoms with Gasteiger partial charge in [0.15, 0.2) is 0 Å². The Balaban J connectivity index is 1.72. The molecule has 0 bridgehead atoms. The van der Waals surface area contributed by atoms with E-state index in [0.29, 0.717) is 22.9 Å². The molecule has 1 N–H and O–H groups in total. The van der Waals surface area contributed by atoms with E-state index in [2.05, 4.69) is 20.0 Å². The molecule has 114 valence electrons. The van der Waals surface area contributed by atoms with E-state index in [1.165, 1.54) is 25.3 Å². The summed E-state index contributed by atoms with van der Waals surface area (Å²) in [5.74, 6) is 1.07. The predicted octanol–water partition coefficient (Wildman–Crippen LogP) is 2.89. The number of carbonyl (C=O) groups is 1. The van der Waals surface area contributed by atoms with Crippen molar-refractivity contribution in [1.29, 1.82) is 0 Å². The molecule has 3 rings (SSSR count). The number of ether oxygens (including phenoxy) is 1. The fraction of sp³-hybridized carbons (Fsp3) is 0.312. The van der Waals surface area contributed by atoms with Crippen LogP contribution in [-0.2, 0) is 11.3 Å². The second-order valence-corrected chi connectivity index (χ2v) is 5.23. The lowest BCUT2D eigenvalue weighted by Gasteiger charge is -2.09. The second kappa shape index (κ2) is 6.09. The minimum Gasteiger partial charge on any atom is -0.465 e. The van der Waals surface area contributed by atoms with Gasteiger partial charge in [0.25, 0.3) is 0 Å². The topological polar surface area (TPSA) is 64.1 Å². The lowest BCUT2D eigenvalue weighted by molar-refractivity contribution is 0.0600. The number of nitrogens with one attached hydrogen (secondary N) is 1. The van der Waals surface area contributed by atoms with Crippen LogP contribution in [0.1, 0.15) is 40.5 Å². The standard InChI is InChI=1S/C16H16FN3O2/c1-22-16(21)11-4-5-13(17)12(8-11)9-19-14-6-7-18-15(20-14)10-2-3-10/h4-8,10H,2-3,9H2,1H3,(H,18,19,20). The first kappa shape index (κ1) is 14.4. The molecule has 0 unspecified atom stereocenters. The van der Waals surface area contributed by atoms with Gasteiger partial charge in [0.05, 0.1) is 12.7 Å².